The highest BCUT2D eigenvalue weighted by Gasteiger charge is 2.44. The van der Waals surface area contributed by atoms with Crippen LogP contribution in [-0.4, -0.2) is 54.5 Å². The molecule has 0 aromatic heterocycles. The molecular weight excluding hydrogens is 761 g/mol. The van der Waals surface area contributed by atoms with Crippen LogP contribution in [0.3, 0.4) is 0 Å². The highest BCUT2D eigenvalue weighted by atomic mass is 32.2. The van der Waals surface area contributed by atoms with Gasteiger partial charge in [-0.05, 0) is 144 Å². The molecule has 6 rings (SSSR count). The van der Waals surface area contributed by atoms with Crippen molar-refractivity contribution in [3.63, 3.8) is 0 Å². The molecule has 58 heavy (non-hydrogen) atoms. The van der Waals surface area contributed by atoms with Crippen LogP contribution in [0.25, 0.3) is 0 Å². The van der Waals surface area contributed by atoms with Gasteiger partial charge in [0.1, 0.15) is 18.1 Å². The van der Waals surface area contributed by atoms with Crippen LogP contribution in [0.15, 0.2) is 112 Å². The minimum absolute atomic E-state index is 0.0963. The lowest BCUT2D eigenvalue weighted by Crippen LogP contribution is -2.36. The number of aryl methyl sites for hydroxylation is 1. The van der Waals surface area contributed by atoms with Gasteiger partial charge in [-0.25, -0.2) is 0 Å². The summed E-state index contributed by atoms with van der Waals surface area (Å²) in [6, 6.07) is 19.9. The maximum atomic E-state index is 12.1. The summed E-state index contributed by atoms with van der Waals surface area (Å²) in [6.07, 6.45) is 12.4. The first kappa shape index (κ1) is 42.7. The van der Waals surface area contributed by atoms with Gasteiger partial charge >= 0.3 is 0 Å². The number of likely N-dealkylation sites (N-methyl/N-ethyl adjacent to an activating group) is 1. The van der Waals surface area contributed by atoms with Gasteiger partial charge in [-0.1, -0.05) is 55.7 Å². The molecule has 1 aliphatic carbocycles. The molecule has 304 valence electrons. The van der Waals surface area contributed by atoms with Crippen molar-refractivity contribution < 1.29 is 22.3 Å². The highest BCUT2D eigenvalue weighted by molar-refractivity contribution is 7.85. The Labute approximate surface area is 351 Å². The van der Waals surface area contributed by atoms with E-state index in [-0.39, 0.29) is 10.3 Å². The molecule has 3 N–H and O–H groups in total. The van der Waals surface area contributed by atoms with Crippen molar-refractivity contribution in [3.8, 4) is 17.6 Å². The molecule has 2 aliphatic heterocycles. The van der Waals surface area contributed by atoms with Crippen molar-refractivity contribution in [1.29, 1.82) is 0 Å². The smallest absolute Gasteiger partial charge is 0.294 e. The number of ether oxygens (including phenoxy) is 1. The third kappa shape index (κ3) is 8.87. The van der Waals surface area contributed by atoms with E-state index in [9.17, 15) is 13.0 Å². The lowest BCUT2D eigenvalue weighted by Gasteiger charge is -2.26. The average molecular weight is 818 g/mol. The van der Waals surface area contributed by atoms with Crippen LogP contribution in [0.5, 0.6) is 5.75 Å². The number of hydrogen-bond donors (Lipinski definition) is 3. The number of rotatable bonds is 12. The maximum absolute atomic E-state index is 12.1. The number of fused-ring (bicyclic) bond motifs is 2. The van der Waals surface area contributed by atoms with Crippen LogP contribution in [-0.2, 0) is 27.4 Å². The molecule has 0 saturated carbocycles. The highest BCUT2D eigenvalue weighted by Crippen LogP contribution is 2.48. The fourth-order valence-electron chi connectivity index (χ4n) is 8.43. The van der Waals surface area contributed by atoms with E-state index in [0.29, 0.717) is 24.7 Å². The Bertz CT molecular complexity index is 2420. The third-order valence-electron chi connectivity index (χ3n) is 11.6. The van der Waals surface area contributed by atoms with E-state index in [0.717, 1.165) is 71.8 Å². The predicted octanol–water partition coefficient (Wildman–Crippen LogP) is 9.37. The standard InChI is InChI=1S/C48H56N4O4S2/c1-9-12-29-49-46(57)50-30-28-34-17-21-37(22-18-34)56-45-35(19-26-43-47(5,6)39-31-33(4)16-24-41(39)51(43)10-2)14-13-15-36(45)20-27-44-48(7,8)40-32-38(58(53,54)55)23-25-42(40)52(44)11-3/h16-27,31-32H,10-11,13-15,28-30H2,1-8H3,(H2-,49,50,53,54,55,57)/p+1. The lowest BCUT2D eigenvalue weighted by atomic mass is 9.81. The molecule has 0 atom stereocenters. The van der Waals surface area contributed by atoms with E-state index in [1.807, 2.05) is 19.1 Å². The molecule has 3 aliphatic rings. The van der Waals surface area contributed by atoms with Crippen LogP contribution >= 0.6 is 12.2 Å². The molecule has 0 fully saturated rings. The molecule has 0 saturated heterocycles. The summed E-state index contributed by atoms with van der Waals surface area (Å²) in [6.45, 7) is 19.9. The van der Waals surface area contributed by atoms with Gasteiger partial charge in [0, 0.05) is 47.6 Å². The number of allylic oxidation sites excluding steroid dienone is 7. The summed E-state index contributed by atoms with van der Waals surface area (Å²) in [7, 11) is -4.34. The molecular formula is C48H57N4O4S2+. The second kappa shape index (κ2) is 17.5. The first-order valence-electron chi connectivity index (χ1n) is 20.3. The summed E-state index contributed by atoms with van der Waals surface area (Å²) in [5.41, 5.74) is 10.7. The minimum Gasteiger partial charge on any atom is -0.457 e. The molecule has 0 radical (unpaired) electrons. The van der Waals surface area contributed by atoms with Gasteiger partial charge in [0.2, 0.25) is 5.69 Å². The van der Waals surface area contributed by atoms with E-state index in [1.165, 1.54) is 34.1 Å². The zero-order valence-corrected chi connectivity index (χ0v) is 36.8. The molecule has 0 amide bonds. The zero-order chi connectivity index (χ0) is 41.8. The number of benzene rings is 3. The molecule has 0 bridgehead atoms. The summed E-state index contributed by atoms with van der Waals surface area (Å²) < 4.78 is 43.2. The third-order valence-corrected chi connectivity index (χ3v) is 12.7. The van der Waals surface area contributed by atoms with Gasteiger partial charge in [0.25, 0.3) is 10.1 Å². The van der Waals surface area contributed by atoms with Crippen molar-refractivity contribution >= 4 is 44.5 Å². The van der Waals surface area contributed by atoms with Crippen LogP contribution in [0, 0.1) is 18.8 Å². The second-order valence-electron chi connectivity index (χ2n) is 16.1. The van der Waals surface area contributed by atoms with Crippen molar-refractivity contribution in [2.24, 2.45) is 0 Å². The van der Waals surface area contributed by atoms with Crippen molar-refractivity contribution in [2.45, 2.75) is 96.8 Å². The van der Waals surface area contributed by atoms with Crippen LogP contribution < -0.4 is 20.3 Å². The first-order valence-corrected chi connectivity index (χ1v) is 22.1. The number of hydrogen-bond acceptors (Lipinski definition) is 5. The Morgan fingerprint density at radius 3 is 2.41 bits per heavy atom. The van der Waals surface area contributed by atoms with Gasteiger partial charge in [0.15, 0.2) is 10.8 Å². The SMILES string of the molecule is CC#CCNC(=S)NCCc1ccc(OC2=C(/C=C/C3=[N+](CC)c4ccc(S(=O)(=O)O)cc4C3(C)C)CCCC2=C/C=C2/N(CC)c3ccc(C)cc3C2(C)C)cc1. The van der Waals surface area contributed by atoms with Gasteiger partial charge < -0.3 is 20.3 Å². The lowest BCUT2D eigenvalue weighted by molar-refractivity contribution is -0.433. The second-order valence-corrected chi connectivity index (χ2v) is 17.9. The van der Waals surface area contributed by atoms with E-state index >= 15 is 0 Å². The van der Waals surface area contributed by atoms with Gasteiger partial charge in [-0.3, -0.25) is 4.55 Å². The molecule has 0 spiro atoms. The number of anilines is 1. The largest absolute Gasteiger partial charge is 0.457 e. The Morgan fingerprint density at radius 1 is 0.966 bits per heavy atom. The Hall–Kier alpha value is -4.95. The summed E-state index contributed by atoms with van der Waals surface area (Å²) in [4.78, 5) is 2.33. The van der Waals surface area contributed by atoms with Gasteiger partial charge in [-0.15, -0.1) is 5.92 Å². The van der Waals surface area contributed by atoms with Crippen LogP contribution in [0.1, 0.15) is 90.0 Å². The van der Waals surface area contributed by atoms with Crippen molar-refractivity contribution in [1.82, 2.24) is 10.6 Å². The zero-order valence-electron chi connectivity index (χ0n) is 35.1. The van der Waals surface area contributed by atoms with E-state index < -0.39 is 15.5 Å². The van der Waals surface area contributed by atoms with E-state index in [1.54, 1.807) is 12.1 Å². The summed E-state index contributed by atoms with van der Waals surface area (Å²) in [5, 5.41) is 6.94. The van der Waals surface area contributed by atoms with Gasteiger partial charge in [0.05, 0.1) is 16.9 Å². The topological polar surface area (TPSA) is 93.9 Å². The maximum Gasteiger partial charge on any atom is 0.294 e. The molecule has 2 heterocycles. The van der Waals surface area contributed by atoms with E-state index in [2.05, 4.69) is 135 Å². The molecule has 10 heteroatoms. The van der Waals surface area contributed by atoms with Crippen LogP contribution in [0.4, 0.5) is 11.4 Å². The minimum atomic E-state index is -4.34. The molecule has 8 nitrogen and oxygen atoms in total. The fourth-order valence-corrected chi connectivity index (χ4v) is 9.12. The monoisotopic (exact) mass is 817 g/mol. The number of nitrogens with one attached hydrogen (secondary N) is 2. The fraction of sp³-hybridized carbons (Fsp3) is 0.375. The number of thiocarbonyl (C=S) groups is 1. The molecule has 0 unspecified atom stereocenters. The summed E-state index contributed by atoms with van der Waals surface area (Å²) >= 11 is 5.37. The van der Waals surface area contributed by atoms with E-state index in [4.69, 9.17) is 17.0 Å². The van der Waals surface area contributed by atoms with Crippen molar-refractivity contribution in [3.05, 3.63) is 130 Å². The summed E-state index contributed by atoms with van der Waals surface area (Å²) in [5.74, 6) is 7.44. The molecule has 3 aromatic rings. The van der Waals surface area contributed by atoms with Gasteiger partial charge in [-0.2, -0.15) is 13.0 Å². The Balaban J connectivity index is 1.36. The normalized spacial score (nSPS) is 18.4. The first-order chi connectivity index (χ1) is 27.6. The van der Waals surface area contributed by atoms with Crippen molar-refractivity contribution in [2.75, 3.05) is 31.1 Å². The Kier molecular flexibility index (Phi) is 12.9. The molecule has 3 aromatic carbocycles. The average Bonchev–Trinajstić information content (AvgIpc) is 3.54. The predicted molar refractivity (Wildman–Crippen MR) is 241 cm³/mol. The Morgan fingerprint density at radius 2 is 1.72 bits per heavy atom. The number of nitrogens with zero attached hydrogens (tertiary/aromatic N) is 2. The van der Waals surface area contributed by atoms with Crippen LogP contribution in [0.2, 0.25) is 0 Å². The quantitative estimate of drug-likeness (QED) is 0.0721.